The molecule has 0 fully saturated rings. The zero-order valence-corrected chi connectivity index (χ0v) is 12.6. The van der Waals surface area contributed by atoms with Gasteiger partial charge in [-0.2, -0.15) is 0 Å². The molecule has 0 saturated heterocycles. The van der Waals surface area contributed by atoms with Crippen LogP contribution in [0.5, 0.6) is 0 Å². The number of halogens is 2. The minimum atomic E-state index is -0.419. The van der Waals surface area contributed by atoms with E-state index in [4.69, 9.17) is 0 Å². The molecule has 0 aliphatic rings. The average molecular weight is 316 g/mol. The van der Waals surface area contributed by atoms with E-state index in [2.05, 4.69) is 42.0 Å². The third kappa shape index (κ3) is 3.31. The third-order valence-electron chi connectivity index (χ3n) is 3.59. The number of carbonyl (C=O) groups excluding carboxylic acids is 1. The van der Waals surface area contributed by atoms with Crippen molar-refractivity contribution in [1.82, 2.24) is 5.32 Å². The number of rotatable bonds is 5. The van der Waals surface area contributed by atoms with Crippen LogP contribution in [0.15, 0.2) is 22.7 Å². The minimum absolute atomic E-state index is 0.194. The van der Waals surface area contributed by atoms with Crippen molar-refractivity contribution in [2.45, 2.75) is 45.6 Å². The van der Waals surface area contributed by atoms with Crippen molar-refractivity contribution in [3.8, 4) is 0 Å². The summed E-state index contributed by atoms with van der Waals surface area (Å²) < 4.78 is 13.8. The number of benzene rings is 1. The van der Waals surface area contributed by atoms with Crippen molar-refractivity contribution in [3.63, 3.8) is 0 Å². The lowest BCUT2D eigenvalue weighted by molar-refractivity contribution is 0.0887. The summed E-state index contributed by atoms with van der Waals surface area (Å²) in [4.78, 5) is 12.1. The summed E-state index contributed by atoms with van der Waals surface area (Å²) in [6.45, 7) is 6.15. The van der Waals surface area contributed by atoms with Crippen molar-refractivity contribution in [2.75, 3.05) is 0 Å². The molecule has 4 heteroatoms. The van der Waals surface area contributed by atoms with Gasteiger partial charge >= 0.3 is 0 Å². The Morgan fingerprint density at radius 3 is 2.28 bits per heavy atom. The van der Waals surface area contributed by atoms with Crippen LogP contribution in [0.2, 0.25) is 0 Å². The Labute approximate surface area is 116 Å². The average Bonchev–Trinajstić information content (AvgIpc) is 2.39. The Morgan fingerprint density at radius 1 is 1.28 bits per heavy atom. The first kappa shape index (κ1) is 15.2. The highest BCUT2D eigenvalue weighted by molar-refractivity contribution is 9.10. The summed E-state index contributed by atoms with van der Waals surface area (Å²) in [7, 11) is 0. The van der Waals surface area contributed by atoms with Crippen molar-refractivity contribution < 1.29 is 9.18 Å². The minimum Gasteiger partial charge on any atom is -0.347 e. The predicted octanol–water partition coefficient (Wildman–Crippen LogP) is 4.29. The van der Waals surface area contributed by atoms with E-state index in [-0.39, 0.29) is 11.4 Å². The van der Waals surface area contributed by atoms with E-state index < -0.39 is 5.82 Å². The largest absolute Gasteiger partial charge is 0.347 e. The fourth-order valence-corrected chi connectivity index (χ4v) is 2.21. The van der Waals surface area contributed by atoms with Gasteiger partial charge in [-0.05, 0) is 53.4 Å². The fraction of sp³-hybridized carbons (Fsp3) is 0.500. The molecule has 1 N–H and O–H groups in total. The van der Waals surface area contributed by atoms with Gasteiger partial charge in [0, 0.05) is 11.1 Å². The molecule has 1 rings (SSSR count). The number of carbonyl (C=O) groups is 1. The van der Waals surface area contributed by atoms with Gasteiger partial charge in [0.15, 0.2) is 0 Å². The molecule has 0 atom stereocenters. The Morgan fingerprint density at radius 2 is 1.83 bits per heavy atom. The molecular formula is C14H19BrFNO. The van der Waals surface area contributed by atoms with Crippen LogP contribution in [0.1, 0.15) is 50.4 Å². The molecule has 0 radical (unpaired) electrons. The van der Waals surface area contributed by atoms with Gasteiger partial charge in [-0.1, -0.05) is 20.8 Å². The third-order valence-corrected chi connectivity index (χ3v) is 4.23. The van der Waals surface area contributed by atoms with Crippen molar-refractivity contribution >= 4 is 21.8 Å². The smallest absolute Gasteiger partial charge is 0.251 e. The summed E-state index contributed by atoms with van der Waals surface area (Å²) in [5.74, 6) is -0.635. The molecule has 1 aromatic carbocycles. The number of nitrogens with one attached hydrogen (secondary N) is 1. The maximum absolute atomic E-state index is 13.4. The van der Waals surface area contributed by atoms with Crippen LogP contribution < -0.4 is 5.32 Å². The quantitative estimate of drug-likeness (QED) is 0.863. The maximum atomic E-state index is 13.4. The highest BCUT2D eigenvalue weighted by Gasteiger charge is 2.26. The van der Waals surface area contributed by atoms with E-state index in [1.165, 1.54) is 6.07 Å². The first-order valence-electron chi connectivity index (χ1n) is 6.25. The summed E-state index contributed by atoms with van der Waals surface area (Å²) in [5, 5.41) is 3.02. The van der Waals surface area contributed by atoms with Gasteiger partial charge in [0.2, 0.25) is 0 Å². The lowest BCUT2D eigenvalue weighted by atomic mass is 9.89. The molecule has 0 saturated carbocycles. The Balaban J connectivity index is 2.90. The van der Waals surface area contributed by atoms with Crippen LogP contribution in [0.4, 0.5) is 4.39 Å². The summed E-state index contributed by atoms with van der Waals surface area (Å²) in [6.07, 6.45) is 2.60. The van der Waals surface area contributed by atoms with Crippen LogP contribution in [-0.2, 0) is 0 Å². The molecule has 100 valence electrons. The van der Waals surface area contributed by atoms with Crippen LogP contribution >= 0.6 is 15.9 Å². The topological polar surface area (TPSA) is 29.1 Å². The van der Waals surface area contributed by atoms with Gasteiger partial charge in [-0.25, -0.2) is 4.39 Å². The molecule has 18 heavy (non-hydrogen) atoms. The van der Waals surface area contributed by atoms with Gasteiger partial charge in [0.25, 0.3) is 5.91 Å². The van der Waals surface area contributed by atoms with E-state index in [1.54, 1.807) is 12.1 Å². The number of hydrogen-bond donors (Lipinski definition) is 1. The maximum Gasteiger partial charge on any atom is 0.251 e. The molecule has 0 spiro atoms. The number of amides is 1. The predicted molar refractivity (Wildman–Crippen MR) is 75.2 cm³/mol. The van der Waals surface area contributed by atoms with Crippen molar-refractivity contribution in [1.29, 1.82) is 0 Å². The van der Waals surface area contributed by atoms with Crippen molar-refractivity contribution in [2.24, 2.45) is 0 Å². The lowest BCUT2D eigenvalue weighted by Gasteiger charge is -2.31. The van der Waals surface area contributed by atoms with Gasteiger partial charge in [0.05, 0.1) is 4.47 Å². The monoisotopic (exact) mass is 315 g/mol. The standard InChI is InChI=1S/C14H19BrFNO/c1-4-14(5-2,6-3)17-13(18)10-7-8-11(15)12(16)9-10/h7-9H,4-6H2,1-3H3,(H,17,18). The van der Waals surface area contributed by atoms with Gasteiger partial charge in [-0.3, -0.25) is 4.79 Å². The molecule has 1 aromatic rings. The summed E-state index contributed by atoms with van der Waals surface area (Å²) >= 11 is 3.07. The van der Waals surface area contributed by atoms with E-state index in [0.717, 1.165) is 19.3 Å². The lowest BCUT2D eigenvalue weighted by Crippen LogP contribution is -2.47. The second kappa shape index (κ2) is 6.32. The molecule has 2 nitrogen and oxygen atoms in total. The zero-order valence-electron chi connectivity index (χ0n) is 11.0. The second-order valence-corrected chi connectivity index (χ2v) is 5.28. The highest BCUT2D eigenvalue weighted by atomic mass is 79.9. The van der Waals surface area contributed by atoms with E-state index >= 15 is 0 Å². The Bertz CT molecular complexity index is 422. The molecule has 0 aliphatic carbocycles. The van der Waals surface area contributed by atoms with Gasteiger partial charge in [-0.15, -0.1) is 0 Å². The SMILES string of the molecule is CCC(CC)(CC)NC(=O)c1ccc(Br)c(F)c1. The van der Waals surface area contributed by atoms with Crippen LogP contribution in [0.3, 0.4) is 0 Å². The Kier molecular flexibility index (Phi) is 5.32. The normalized spacial score (nSPS) is 11.4. The molecule has 0 aromatic heterocycles. The first-order valence-corrected chi connectivity index (χ1v) is 7.05. The van der Waals surface area contributed by atoms with Crippen LogP contribution in [0, 0.1) is 5.82 Å². The molecular weight excluding hydrogens is 297 g/mol. The first-order chi connectivity index (χ1) is 8.48. The summed E-state index contributed by atoms with van der Waals surface area (Å²) in [6, 6.07) is 4.43. The molecule has 0 bridgehead atoms. The van der Waals surface area contributed by atoms with Crippen LogP contribution in [-0.4, -0.2) is 11.4 Å². The molecule has 0 unspecified atom stereocenters. The molecule has 1 amide bonds. The van der Waals surface area contributed by atoms with E-state index in [1.807, 2.05) is 0 Å². The molecule has 0 heterocycles. The van der Waals surface area contributed by atoms with E-state index in [0.29, 0.717) is 10.0 Å². The Hall–Kier alpha value is -0.900. The van der Waals surface area contributed by atoms with Gasteiger partial charge < -0.3 is 5.32 Å². The van der Waals surface area contributed by atoms with Crippen molar-refractivity contribution in [3.05, 3.63) is 34.1 Å². The van der Waals surface area contributed by atoms with Gasteiger partial charge in [0.1, 0.15) is 5.82 Å². The fourth-order valence-electron chi connectivity index (χ4n) is 1.97. The van der Waals surface area contributed by atoms with Crippen LogP contribution in [0.25, 0.3) is 0 Å². The zero-order chi connectivity index (χ0) is 13.8. The molecule has 0 aliphatic heterocycles. The van der Waals surface area contributed by atoms with E-state index in [9.17, 15) is 9.18 Å². The second-order valence-electron chi connectivity index (χ2n) is 4.42. The summed E-state index contributed by atoms with van der Waals surface area (Å²) in [5.41, 5.74) is 0.163. The number of hydrogen-bond acceptors (Lipinski definition) is 1. The highest BCUT2D eigenvalue weighted by Crippen LogP contribution is 2.21.